The molecule has 0 aliphatic carbocycles. The molecule has 0 bridgehead atoms. The van der Waals surface area contributed by atoms with Crippen LogP contribution in [0.25, 0.3) is 0 Å². The molecule has 1 aliphatic heterocycles. The Morgan fingerprint density at radius 3 is 2.89 bits per heavy atom. The molecule has 0 aromatic heterocycles. The highest BCUT2D eigenvalue weighted by Gasteiger charge is 2.16. The van der Waals surface area contributed by atoms with Gasteiger partial charge >= 0.3 is 0 Å². The number of benzene rings is 1. The van der Waals surface area contributed by atoms with Crippen molar-refractivity contribution < 1.29 is 9.53 Å². The van der Waals surface area contributed by atoms with Gasteiger partial charge in [0, 0.05) is 18.7 Å². The van der Waals surface area contributed by atoms with Crippen LogP contribution < -0.4 is 0 Å². The van der Waals surface area contributed by atoms with E-state index in [0.29, 0.717) is 32.7 Å². The van der Waals surface area contributed by atoms with Gasteiger partial charge in [0.2, 0.25) is 5.91 Å². The number of hydrogen-bond acceptors (Lipinski definition) is 3. The van der Waals surface area contributed by atoms with E-state index in [2.05, 4.69) is 23.8 Å². The van der Waals surface area contributed by atoms with Crippen molar-refractivity contribution in [2.24, 2.45) is 0 Å². The minimum Gasteiger partial charge on any atom is -0.378 e. The van der Waals surface area contributed by atoms with Gasteiger partial charge in [0.25, 0.3) is 0 Å². The van der Waals surface area contributed by atoms with E-state index >= 15 is 0 Å². The van der Waals surface area contributed by atoms with Gasteiger partial charge in [0.05, 0.1) is 19.6 Å². The van der Waals surface area contributed by atoms with E-state index in [1.54, 1.807) is 0 Å². The number of thiol groups is 1. The summed E-state index contributed by atoms with van der Waals surface area (Å²) < 4.78 is 5.23. The van der Waals surface area contributed by atoms with E-state index in [4.69, 9.17) is 4.74 Å². The van der Waals surface area contributed by atoms with E-state index in [-0.39, 0.29) is 5.91 Å². The van der Waals surface area contributed by atoms with Crippen LogP contribution in [0.3, 0.4) is 0 Å². The van der Waals surface area contributed by atoms with Crippen molar-refractivity contribution in [1.82, 2.24) is 4.90 Å². The highest BCUT2D eigenvalue weighted by atomic mass is 32.1. The largest absolute Gasteiger partial charge is 0.378 e. The molecule has 18 heavy (non-hydrogen) atoms. The van der Waals surface area contributed by atoms with Crippen molar-refractivity contribution >= 4 is 18.5 Å². The number of hydrogen-bond donors (Lipinski definition) is 1. The molecule has 1 amide bonds. The number of morpholine rings is 1. The topological polar surface area (TPSA) is 29.5 Å². The van der Waals surface area contributed by atoms with Crippen LogP contribution in [-0.2, 0) is 16.0 Å². The normalized spacial score (nSPS) is 14.8. The summed E-state index contributed by atoms with van der Waals surface area (Å²) in [4.78, 5) is 13.9. The Labute approximate surface area is 113 Å². The van der Waals surface area contributed by atoms with Gasteiger partial charge in [-0.1, -0.05) is 30.7 Å². The Hall–Kier alpha value is -1.44. The van der Waals surface area contributed by atoms with E-state index in [1.807, 2.05) is 29.2 Å². The third-order valence-electron chi connectivity index (χ3n) is 2.85. The molecule has 1 heterocycles. The van der Waals surface area contributed by atoms with Gasteiger partial charge in [-0.15, -0.1) is 0 Å². The summed E-state index contributed by atoms with van der Waals surface area (Å²) in [5.74, 6) is 3.02. The summed E-state index contributed by atoms with van der Waals surface area (Å²) >= 11 is 3.87. The standard InChI is InChI=1S/C14H15NO2S/c16-14(15-5-7-17-8-6-15)11-13-3-1-2-12(10-13)4-9-18/h1-3,10,18H,5-8,11H2. The van der Waals surface area contributed by atoms with Crippen LogP contribution >= 0.6 is 12.6 Å². The predicted octanol–water partition coefficient (Wildman–Crippen LogP) is 1.33. The smallest absolute Gasteiger partial charge is 0.227 e. The van der Waals surface area contributed by atoms with Crippen molar-refractivity contribution in [3.8, 4) is 11.2 Å². The molecular formula is C14H15NO2S. The molecular weight excluding hydrogens is 246 g/mol. The first-order valence-electron chi connectivity index (χ1n) is 5.89. The number of nitrogens with zero attached hydrogens (tertiary/aromatic N) is 1. The summed E-state index contributed by atoms with van der Waals surface area (Å²) in [6.45, 7) is 2.65. The van der Waals surface area contributed by atoms with Crippen molar-refractivity contribution in [2.75, 3.05) is 26.3 Å². The van der Waals surface area contributed by atoms with E-state index < -0.39 is 0 Å². The summed E-state index contributed by atoms with van der Waals surface area (Å²) in [7, 11) is 0. The second-order valence-electron chi connectivity index (χ2n) is 4.11. The fourth-order valence-electron chi connectivity index (χ4n) is 1.92. The van der Waals surface area contributed by atoms with Gasteiger partial charge in [-0.25, -0.2) is 0 Å². The zero-order chi connectivity index (χ0) is 12.8. The van der Waals surface area contributed by atoms with Gasteiger partial charge in [-0.05, 0) is 22.9 Å². The average Bonchev–Trinajstić information content (AvgIpc) is 2.40. The Morgan fingerprint density at radius 2 is 2.17 bits per heavy atom. The lowest BCUT2D eigenvalue weighted by Gasteiger charge is -2.26. The Balaban J connectivity index is 2.01. The second kappa shape index (κ2) is 6.48. The molecule has 2 rings (SSSR count). The first kappa shape index (κ1) is 13.0. The van der Waals surface area contributed by atoms with E-state index in [9.17, 15) is 4.79 Å². The molecule has 0 saturated carbocycles. The number of ether oxygens (including phenoxy) is 1. The average molecular weight is 261 g/mol. The quantitative estimate of drug-likeness (QED) is 0.643. The summed E-state index contributed by atoms with van der Waals surface area (Å²) in [5.41, 5.74) is 1.87. The van der Waals surface area contributed by atoms with Gasteiger partial charge < -0.3 is 9.64 Å². The Morgan fingerprint density at radius 1 is 1.39 bits per heavy atom. The second-order valence-corrected chi connectivity index (χ2v) is 4.33. The van der Waals surface area contributed by atoms with Crippen LogP contribution in [0, 0.1) is 11.2 Å². The van der Waals surface area contributed by atoms with Crippen molar-refractivity contribution in [2.45, 2.75) is 6.42 Å². The van der Waals surface area contributed by atoms with Crippen LogP contribution in [0.2, 0.25) is 0 Å². The maximum absolute atomic E-state index is 12.1. The molecule has 1 aliphatic rings. The first-order valence-corrected chi connectivity index (χ1v) is 6.34. The fourth-order valence-corrected chi connectivity index (χ4v) is 2.05. The number of carbonyl (C=O) groups is 1. The van der Waals surface area contributed by atoms with Crippen LogP contribution in [0.1, 0.15) is 11.1 Å². The molecule has 1 fully saturated rings. The third kappa shape index (κ3) is 3.52. The molecule has 94 valence electrons. The highest BCUT2D eigenvalue weighted by molar-refractivity contribution is 7.85. The SMILES string of the molecule is O=C(Cc1cccc(C#CS)c1)N1CCOCC1. The van der Waals surface area contributed by atoms with E-state index in [1.165, 1.54) is 0 Å². The molecule has 0 spiro atoms. The molecule has 1 aromatic carbocycles. The van der Waals surface area contributed by atoms with Gasteiger partial charge in [-0.3, -0.25) is 4.79 Å². The molecule has 3 nitrogen and oxygen atoms in total. The number of carbonyl (C=O) groups excluding carboxylic acids is 1. The lowest BCUT2D eigenvalue weighted by atomic mass is 10.1. The van der Waals surface area contributed by atoms with Gasteiger partial charge in [-0.2, -0.15) is 0 Å². The molecule has 1 aromatic rings. The van der Waals surface area contributed by atoms with Gasteiger partial charge in [0.1, 0.15) is 0 Å². The minimum absolute atomic E-state index is 0.147. The fraction of sp³-hybridized carbons (Fsp3) is 0.357. The zero-order valence-electron chi connectivity index (χ0n) is 10.1. The molecule has 1 saturated heterocycles. The summed E-state index contributed by atoms with van der Waals surface area (Å²) in [6.07, 6.45) is 0.419. The maximum Gasteiger partial charge on any atom is 0.227 e. The van der Waals surface area contributed by atoms with Crippen LogP contribution in [0.4, 0.5) is 0 Å². The number of amides is 1. The number of rotatable bonds is 2. The zero-order valence-corrected chi connectivity index (χ0v) is 11.0. The Bertz CT molecular complexity index is 484. The van der Waals surface area contributed by atoms with Crippen molar-refractivity contribution in [1.29, 1.82) is 0 Å². The highest BCUT2D eigenvalue weighted by Crippen LogP contribution is 2.08. The lowest BCUT2D eigenvalue weighted by molar-refractivity contribution is -0.134. The van der Waals surface area contributed by atoms with Crippen LogP contribution in [0.5, 0.6) is 0 Å². The van der Waals surface area contributed by atoms with Crippen molar-refractivity contribution in [3.63, 3.8) is 0 Å². The van der Waals surface area contributed by atoms with Crippen LogP contribution in [0.15, 0.2) is 24.3 Å². The van der Waals surface area contributed by atoms with E-state index in [0.717, 1.165) is 11.1 Å². The molecule has 0 unspecified atom stereocenters. The lowest BCUT2D eigenvalue weighted by Crippen LogP contribution is -2.41. The molecule has 4 heteroatoms. The predicted molar refractivity (Wildman–Crippen MR) is 73.4 cm³/mol. The first-order chi connectivity index (χ1) is 8.79. The minimum atomic E-state index is 0.147. The third-order valence-corrected chi connectivity index (χ3v) is 2.96. The molecule has 0 atom stereocenters. The van der Waals surface area contributed by atoms with Crippen molar-refractivity contribution in [3.05, 3.63) is 35.4 Å². The van der Waals surface area contributed by atoms with Crippen LogP contribution in [-0.4, -0.2) is 37.1 Å². The Kier molecular flexibility index (Phi) is 4.68. The summed E-state index contributed by atoms with van der Waals surface area (Å²) in [5, 5.41) is 2.56. The summed E-state index contributed by atoms with van der Waals surface area (Å²) in [6, 6.07) is 7.70. The molecule has 0 radical (unpaired) electrons. The van der Waals surface area contributed by atoms with Gasteiger partial charge in [0.15, 0.2) is 0 Å². The maximum atomic E-state index is 12.1. The monoisotopic (exact) mass is 261 g/mol. The molecule has 0 N–H and O–H groups in total.